The van der Waals surface area contributed by atoms with Crippen molar-refractivity contribution in [2.45, 2.75) is 65.5 Å². The highest BCUT2D eigenvalue weighted by molar-refractivity contribution is 5.74. The summed E-state index contributed by atoms with van der Waals surface area (Å²) >= 11 is 0. The zero-order valence-electron chi connectivity index (χ0n) is 18.9. The zero-order valence-corrected chi connectivity index (χ0v) is 18.9. The smallest absolute Gasteiger partial charge is 0.329 e. The molecule has 2 aromatic heterocycles. The molecule has 166 valence electrons. The molecule has 0 aliphatic heterocycles. The number of aryl methyl sites for hydroxylation is 3. The normalized spacial score (nSPS) is 20.8. The van der Waals surface area contributed by atoms with E-state index in [4.69, 9.17) is 4.98 Å². The van der Waals surface area contributed by atoms with Crippen LogP contribution < -0.4 is 16.6 Å². The van der Waals surface area contributed by atoms with E-state index in [1.165, 1.54) is 16.6 Å². The average Bonchev–Trinajstić information content (AvgIpc) is 3.04. The molecular weight excluding hydrogens is 390 g/mol. The minimum atomic E-state index is -0.439. The number of hydrogen-bond donors (Lipinski definition) is 2. The van der Waals surface area contributed by atoms with E-state index in [-0.39, 0.29) is 11.0 Å². The first-order chi connectivity index (χ1) is 14.7. The van der Waals surface area contributed by atoms with Crippen LogP contribution >= 0.6 is 0 Å². The van der Waals surface area contributed by atoms with Crippen molar-refractivity contribution in [3.05, 3.63) is 56.7 Å². The summed E-state index contributed by atoms with van der Waals surface area (Å²) < 4.78 is 3.38. The molecule has 0 bridgehead atoms. The van der Waals surface area contributed by atoms with Crippen molar-refractivity contribution in [2.75, 3.05) is 5.32 Å². The van der Waals surface area contributed by atoms with E-state index in [1.54, 1.807) is 7.05 Å². The Morgan fingerprint density at radius 1 is 1.19 bits per heavy atom. The van der Waals surface area contributed by atoms with Gasteiger partial charge in [0, 0.05) is 19.6 Å². The molecule has 1 aliphatic rings. The van der Waals surface area contributed by atoms with Crippen LogP contribution in [0.25, 0.3) is 11.2 Å². The average molecular weight is 424 g/mol. The van der Waals surface area contributed by atoms with Gasteiger partial charge in [0.15, 0.2) is 11.2 Å². The standard InChI is InChI=1S/C24H33N5O2/c1-16-13-18(15-24(2,3)14-16)25-22-26-20-19(21(30)27-23(31)28(20)4)29(22)12-8-11-17-9-6-5-7-10-17/h5-7,9-10,16,18H,8,11-15H2,1-4H3,(H,25,26)(H,27,30,31). The molecule has 2 N–H and O–H groups in total. The number of nitrogens with zero attached hydrogens (tertiary/aromatic N) is 3. The van der Waals surface area contributed by atoms with Gasteiger partial charge in [-0.05, 0) is 49.0 Å². The molecule has 0 radical (unpaired) electrons. The van der Waals surface area contributed by atoms with Gasteiger partial charge in [-0.25, -0.2) is 4.79 Å². The maximum Gasteiger partial charge on any atom is 0.329 e. The molecule has 7 nitrogen and oxygen atoms in total. The third-order valence-corrected chi connectivity index (χ3v) is 6.42. The Morgan fingerprint density at radius 2 is 1.94 bits per heavy atom. The first-order valence-corrected chi connectivity index (χ1v) is 11.2. The van der Waals surface area contributed by atoms with Gasteiger partial charge >= 0.3 is 5.69 Å². The Kier molecular flexibility index (Phi) is 5.77. The number of H-pyrrole nitrogens is 1. The maximum absolute atomic E-state index is 12.7. The van der Waals surface area contributed by atoms with Crippen molar-refractivity contribution in [2.24, 2.45) is 18.4 Å². The second-order valence-electron chi connectivity index (χ2n) is 9.92. The van der Waals surface area contributed by atoms with E-state index in [1.807, 2.05) is 22.8 Å². The van der Waals surface area contributed by atoms with Crippen LogP contribution in [0.4, 0.5) is 5.95 Å². The van der Waals surface area contributed by atoms with Gasteiger partial charge < -0.3 is 9.88 Å². The van der Waals surface area contributed by atoms with E-state index in [2.05, 4.69) is 43.2 Å². The summed E-state index contributed by atoms with van der Waals surface area (Å²) in [6.07, 6.45) is 5.13. The topological polar surface area (TPSA) is 84.7 Å². The lowest BCUT2D eigenvalue weighted by atomic mass is 9.71. The number of hydrogen-bond acceptors (Lipinski definition) is 4. The molecule has 4 rings (SSSR count). The Labute approximate surface area is 182 Å². The molecule has 2 heterocycles. The van der Waals surface area contributed by atoms with Crippen molar-refractivity contribution < 1.29 is 0 Å². The number of nitrogens with one attached hydrogen (secondary N) is 2. The summed E-state index contributed by atoms with van der Waals surface area (Å²) in [7, 11) is 1.65. The monoisotopic (exact) mass is 423 g/mol. The predicted octanol–water partition coefficient (Wildman–Crippen LogP) is 3.68. The quantitative estimate of drug-likeness (QED) is 0.633. The van der Waals surface area contributed by atoms with Crippen molar-refractivity contribution >= 4 is 17.1 Å². The van der Waals surface area contributed by atoms with E-state index in [9.17, 15) is 9.59 Å². The third kappa shape index (κ3) is 4.60. The van der Waals surface area contributed by atoms with Gasteiger partial charge in [-0.2, -0.15) is 4.98 Å². The molecule has 1 saturated carbocycles. The summed E-state index contributed by atoms with van der Waals surface area (Å²) in [6.45, 7) is 7.58. The van der Waals surface area contributed by atoms with Gasteiger partial charge in [0.05, 0.1) is 0 Å². The lowest BCUT2D eigenvalue weighted by Crippen LogP contribution is -2.36. The van der Waals surface area contributed by atoms with Gasteiger partial charge in [0.1, 0.15) is 0 Å². The molecule has 1 aromatic carbocycles. The van der Waals surface area contributed by atoms with Gasteiger partial charge in [0.25, 0.3) is 5.56 Å². The summed E-state index contributed by atoms with van der Waals surface area (Å²) in [4.78, 5) is 32.0. The van der Waals surface area contributed by atoms with Gasteiger partial charge in [-0.3, -0.25) is 14.3 Å². The minimum Gasteiger partial charge on any atom is -0.353 e. The number of benzene rings is 1. The Bertz CT molecular complexity index is 1170. The molecular formula is C24H33N5O2. The Morgan fingerprint density at radius 3 is 2.65 bits per heavy atom. The summed E-state index contributed by atoms with van der Waals surface area (Å²) in [5.41, 5.74) is 1.61. The number of imidazole rings is 1. The fraction of sp³-hybridized carbons (Fsp3) is 0.542. The van der Waals surface area contributed by atoms with E-state index < -0.39 is 5.69 Å². The van der Waals surface area contributed by atoms with Crippen LogP contribution in [0.15, 0.2) is 39.9 Å². The molecule has 2 atom stereocenters. The van der Waals surface area contributed by atoms with Crippen LogP contribution in [0.1, 0.15) is 52.0 Å². The molecule has 0 spiro atoms. The minimum absolute atomic E-state index is 0.268. The fourth-order valence-electron chi connectivity index (χ4n) is 5.29. The summed E-state index contributed by atoms with van der Waals surface area (Å²) in [5, 5.41) is 3.63. The third-order valence-electron chi connectivity index (χ3n) is 6.42. The van der Waals surface area contributed by atoms with Crippen LogP contribution in [-0.4, -0.2) is 25.1 Å². The second kappa shape index (κ2) is 8.36. The van der Waals surface area contributed by atoms with Crippen molar-refractivity contribution in [3.63, 3.8) is 0 Å². The maximum atomic E-state index is 12.7. The number of aromatic nitrogens is 4. The molecule has 7 heteroatoms. The molecule has 1 fully saturated rings. The van der Waals surface area contributed by atoms with Crippen molar-refractivity contribution in [1.29, 1.82) is 0 Å². The molecule has 31 heavy (non-hydrogen) atoms. The van der Waals surface area contributed by atoms with Crippen molar-refractivity contribution in [3.8, 4) is 0 Å². The highest BCUT2D eigenvalue weighted by Crippen LogP contribution is 2.39. The van der Waals surface area contributed by atoms with E-state index in [0.29, 0.717) is 35.6 Å². The van der Waals surface area contributed by atoms with E-state index >= 15 is 0 Å². The van der Waals surface area contributed by atoms with Crippen molar-refractivity contribution in [1.82, 2.24) is 19.1 Å². The van der Waals surface area contributed by atoms with Gasteiger partial charge in [0.2, 0.25) is 5.95 Å². The lowest BCUT2D eigenvalue weighted by molar-refractivity contribution is 0.177. The zero-order chi connectivity index (χ0) is 22.2. The van der Waals surface area contributed by atoms with Crippen LogP contribution in [-0.2, 0) is 20.0 Å². The lowest BCUT2D eigenvalue weighted by Gasteiger charge is -2.39. The van der Waals surface area contributed by atoms with E-state index in [0.717, 1.165) is 25.7 Å². The molecule has 3 aromatic rings. The largest absolute Gasteiger partial charge is 0.353 e. The summed E-state index contributed by atoms with van der Waals surface area (Å²) in [6, 6.07) is 10.6. The van der Waals surface area contributed by atoms with Crippen LogP contribution in [0.2, 0.25) is 0 Å². The number of anilines is 1. The first kappa shape index (κ1) is 21.4. The van der Waals surface area contributed by atoms with Crippen LogP contribution in [0.3, 0.4) is 0 Å². The fourth-order valence-corrected chi connectivity index (χ4v) is 5.29. The highest BCUT2D eigenvalue weighted by atomic mass is 16.2. The van der Waals surface area contributed by atoms with Crippen LogP contribution in [0, 0.1) is 11.3 Å². The Balaban J connectivity index is 1.67. The SMILES string of the molecule is CC1CC(Nc2nc3c(c(=O)[nH]c(=O)n3C)n2CCCc2ccccc2)CC(C)(C)C1. The number of fused-ring (bicyclic) bond motifs is 1. The molecule has 0 amide bonds. The number of rotatable bonds is 6. The highest BCUT2D eigenvalue weighted by Gasteiger charge is 2.33. The second-order valence-corrected chi connectivity index (χ2v) is 9.92. The van der Waals surface area contributed by atoms with Gasteiger partial charge in [-0.1, -0.05) is 51.1 Å². The summed E-state index contributed by atoms with van der Waals surface area (Å²) in [5.74, 6) is 1.31. The molecule has 1 aliphatic carbocycles. The molecule has 2 unspecified atom stereocenters. The Hall–Kier alpha value is -2.83. The van der Waals surface area contributed by atoms with Crippen LogP contribution in [0.5, 0.6) is 0 Å². The number of aromatic amines is 1. The predicted molar refractivity (Wildman–Crippen MR) is 125 cm³/mol. The molecule has 0 saturated heterocycles. The first-order valence-electron chi connectivity index (χ1n) is 11.2. The van der Waals surface area contributed by atoms with Gasteiger partial charge in [-0.15, -0.1) is 0 Å².